The Morgan fingerprint density at radius 3 is 2.35 bits per heavy atom. The number of rotatable bonds is 3. The van der Waals surface area contributed by atoms with Crippen molar-refractivity contribution in [2.24, 2.45) is 5.73 Å². The third-order valence-corrected chi connectivity index (χ3v) is 3.56. The minimum Gasteiger partial charge on any atom is -0.389 e. The highest BCUT2D eigenvalue weighted by Crippen LogP contribution is 2.30. The van der Waals surface area contributed by atoms with Gasteiger partial charge in [-0.15, -0.1) is 0 Å². The molecule has 2 aromatic carbocycles. The van der Waals surface area contributed by atoms with E-state index in [0.29, 0.717) is 5.56 Å². The summed E-state index contributed by atoms with van der Waals surface area (Å²) in [5.74, 6) is -2.80. The Balaban J connectivity index is 2.42. The van der Waals surface area contributed by atoms with Crippen LogP contribution >= 0.6 is 28.1 Å². The zero-order valence-electron chi connectivity index (χ0n) is 9.88. The van der Waals surface area contributed by atoms with Crippen molar-refractivity contribution in [1.29, 1.82) is 0 Å². The van der Waals surface area contributed by atoms with Crippen LogP contribution in [-0.4, -0.2) is 4.99 Å². The van der Waals surface area contributed by atoms with Gasteiger partial charge in [0, 0.05) is 5.56 Å². The maximum absolute atomic E-state index is 14.1. The van der Waals surface area contributed by atoms with Crippen molar-refractivity contribution in [2.45, 2.75) is 0 Å². The lowest BCUT2D eigenvalue weighted by Crippen LogP contribution is -2.11. The van der Waals surface area contributed by atoms with Crippen LogP contribution in [0.3, 0.4) is 0 Å². The van der Waals surface area contributed by atoms with Gasteiger partial charge in [0.25, 0.3) is 0 Å². The Kier molecular flexibility index (Phi) is 4.29. The Labute approximate surface area is 126 Å². The molecule has 0 fully saturated rings. The predicted molar refractivity (Wildman–Crippen MR) is 79.6 cm³/mol. The van der Waals surface area contributed by atoms with E-state index in [2.05, 4.69) is 21.2 Å². The van der Waals surface area contributed by atoms with Gasteiger partial charge in [0.1, 0.15) is 4.99 Å². The van der Waals surface area contributed by atoms with E-state index >= 15 is 0 Å². The molecule has 0 saturated heterocycles. The number of benzene rings is 2. The molecular formula is C13H8BrF3N2S. The first-order valence-electron chi connectivity index (χ1n) is 5.40. The highest BCUT2D eigenvalue weighted by Gasteiger charge is 2.15. The third-order valence-electron chi connectivity index (χ3n) is 2.57. The molecule has 0 aliphatic carbocycles. The van der Waals surface area contributed by atoms with Crippen LogP contribution in [0.2, 0.25) is 0 Å². The first-order chi connectivity index (χ1) is 9.41. The smallest absolute Gasteiger partial charge is 0.182 e. The molecule has 0 atom stereocenters. The van der Waals surface area contributed by atoms with E-state index in [1.807, 2.05) is 0 Å². The predicted octanol–water partition coefficient (Wildman–Crippen LogP) is 4.24. The van der Waals surface area contributed by atoms with Crippen LogP contribution < -0.4 is 11.1 Å². The number of thiocarbonyl (C=S) groups is 1. The molecule has 20 heavy (non-hydrogen) atoms. The van der Waals surface area contributed by atoms with Crippen LogP contribution in [0, 0.1) is 17.5 Å². The lowest BCUT2D eigenvalue weighted by atomic mass is 10.2. The molecule has 0 unspecified atom stereocenters. The first-order valence-corrected chi connectivity index (χ1v) is 6.60. The Morgan fingerprint density at radius 2 is 1.70 bits per heavy atom. The molecule has 0 spiro atoms. The summed E-state index contributed by atoms with van der Waals surface area (Å²) in [7, 11) is 0. The van der Waals surface area contributed by atoms with Gasteiger partial charge in [0.2, 0.25) is 0 Å². The molecule has 0 heterocycles. The summed E-state index contributed by atoms with van der Waals surface area (Å²) in [6.45, 7) is 0. The van der Waals surface area contributed by atoms with Gasteiger partial charge in [-0.05, 0) is 40.2 Å². The SMILES string of the molecule is NC(=S)c1ccc(Nc2cccc(F)c2F)c(F)c1Br. The van der Waals surface area contributed by atoms with E-state index in [-0.39, 0.29) is 20.8 Å². The van der Waals surface area contributed by atoms with Gasteiger partial charge in [-0.1, -0.05) is 18.3 Å². The van der Waals surface area contributed by atoms with E-state index in [4.69, 9.17) is 18.0 Å². The maximum atomic E-state index is 14.1. The molecule has 104 valence electrons. The summed E-state index contributed by atoms with van der Waals surface area (Å²) in [6, 6.07) is 6.42. The maximum Gasteiger partial charge on any atom is 0.182 e. The number of nitrogens with two attached hydrogens (primary N) is 1. The molecule has 0 aliphatic heterocycles. The summed E-state index contributed by atoms with van der Waals surface area (Å²) in [6.07, 6.45) is 0. The number of nitrogens with one attached hydrogen (secondary N) is 1. The largest absolute Gasteiger partial charge is 0.389 e. The molecule has 0 amide bonds. The Hall–Kier alpha value is -1.60. The fraction of sp³-hybridized carbons (Fsp3) is 0. The van der Waals surface area contributed by atoms with Crippen LogP contribution in [0.15, 0.2) is 34.8 Å². The molecule has 0 aliphatic rings. The topological polar surface area (TPSA) is 38.0 Å². The van der Waals surface area contributed by atoms with Gasteiger partial charge in [0.05, 0.1) is 15.8 Å². The van der Waals surface area contributed by atoms with Crippen LogP contribution in [0.25, 0.3) is 0 Å². The van der Waals surface area contributed by atoms with Gasteiger partial charge in [-0.3, -0.25) is 0 Å². The highest BCUT2D eigenvalue weighted by atomic mass is 79.9. The van der Waals surface area contributed by atoms with Crippen LogP contribution in [0.5, 0.6) is 0 Å². The Bertz CT molecular complexity index is 692. The normalized spacial score (nSPS) is 10.4. The second-order valence-electron chi connectivity index (χ2n) is 3.88. The standard InChI is InChI=1S/C13H8BrF3N2S/c14-10-6(13(18)20)4-5-9(12(10)17)19-8-3-1-2-7(15)11(8)16/h1-5,19H,(H2,18,20). The van der Waals surface area contributed by atoms with E-state index < -0.39 is 17.5 Å². The van der Waals surface area contributed by atoms with Crippen LogP contribution in [-0.2, 0) is 0 Å². The molecule has 2 rings (SSSR count). The second-order valence-corrected chi connectivity index (χ2v) is 5.11. The van der Waals surface area contributed by atoms with Gasteiger partial charge in [-0.25, -0.2) is 13.2 Å². The Morgan fingerprint density at radius 1 is 1.05 bits per heavy atom. The number of halogens is 4. The fourth-order valence-electron chi connectivity index (χ4n) is 1.58. The van der Waals surface area contributed by atoms with Crippen molar-refractivity contribution >= 4 is 44.5 Å². The summed E-state index contributed by atoms with van der Waals surface area (Å²) in [4.78, 5) is 0.0271. The van der Waals surface area contributed by atoms with Crippen molar-refractivity contribution < 1.29 is 13.2 Å². The monoisotopic (exact) mass is 360 g/mol. The zero-order valence-corrected chi connectivity index (χ0v) is 12.3. The van der Waals surface area contributed by atoms with Crippen LogP contribution in [0.1, 0.15) is 5.56 Å². The summed E-state index contributed by atoms with van der Waals surface area (Å²) in [5, 5.41) is 2.48. The molecule has 0 radical (unpaired) electrons. The zero-order chi connectivity index (χ0) is 14.9. The number of hydrogen-bond donors (Lipinski definition) is 2. The molecule has 2 aromatic rings. The lowest BCUT2D eigenvalue weighted by molar-refractivity contribution is 0.511. The van der Waals surface area contributed by atoms with E-state index in [0.717, 1.165) is 6.07 Å². The van der Waals surface area contributed by atoms with Crippen molar-refractivity contribution in [3.63, 3.8) is 0 Å². The average Bonchev–Trinajstić information content (AvgIpc) is 2.40. The fourth-order valence-corrected chi connectivity index (χ4v) is 2.44. The van der Waals surface area contributed by atoms with Gasteiger partial charge in [0.15, 0.2) is 17.5 Å². The van der Waals surface area contributed by atoms with Crippen molar-refractivity contribution in [1.82, 2.24) is 0 Å². The molecule has 3 N–H and O–H groups in total. The number of anilines is 2. The summed E-state index contributed by atoms with van der Waals surface area (Å²) in [5.41, 5.74) is 5.56. The van der Waals surface area contributed by atoms with Crippen molar-refractivity contribution in [3.8, 4) is 0 Å². The molecule has 0 bridgehead atoms. The van der Waals surface area contributed by atoms with E-state index in [1.54, 1.807) is 0 Å². The third kappa shape index (κ3) is 2.78. The second kappa shape index (κ2) is 5.80. The highest BCUT2D eigenvalue weighted by molar-refractivity contribution is 9.10. The van der Waals surface area contributed by atoms with Crippen molar-refractivity contribution in [3.05, 3.63) is 57.8 Å². The minimum absolute atomic E-state index is 0.0265. The molecule has 0 saturated carbocycles. The van der Waals surface area contributed by atoms with Gasteiger partial charge < -0.3 is 11.1 Å². The average molecular weight is 361 g/mol. The first kappa shape index (κ1) is 14.8. The van der Waals surface area contributed by atoms with E-state index in [9.17, 15) is 13.2 Å². The number of hydrogen-bond acceptors (Lipinski definition) is 2. The van der Waals surface area contributed by atoms with E-state index in [1.165, 1.54) is 24.3 Å². The molecular weight excluding hydrogens is 353 g/mol. The lowest BCUT2D eigenvalue weighted by Gasteiger charge is -2.12. The molecule has 7 heteroatoms. The summed E-state index contributed by atoms with van der Waals surface area (Å²) >= 11 is 7.80. The van der Waals surface area contributed by atoms with Gasteiger partial charge in [-0.2, -0.15) is 0 Å². The molecule has 0 aromatic heterocycles. The minimum atomic E-state index is -1.08. The quantitative estimate of drug-likeness (QED) is 0.803. The molecule has 2 nitrogen and oxygen atoms in total. The van der Waals surface area contributed by atoms with Crippen LogP contribution in [0.4, 0.5) is 24.5 Å². The van der Waals surface area contributed by atoms with Gasteiger partial charge >= 0.3 is 0 Å². The summed E-state index contributed by atoms with van der Waals surface area (Å²) < 4.78 is 40.8. The van der Waals surface area contributed by atoms with Crippen molar-refractivity contribution in [2.75, 3.05) is 5.32 Å².